The molecule has 0 amide bonds. The molecule has 0 saturated heterocycles. The fourth-order valence-electron chi connectivity index (χ4n) is 1.05. The predicted molar refractivity (Wildman–Crippen MR) is 55.3 cm³/mol. The maximum absolute atomic E-state index is 11.2. The van der Waals surface area contributed by atoms with E-state index in [-0.39, 0.29) is 37.2 Å². The number of hydrogen-bond acceptors (Lipinski definition) is 4. The van der Waals surface area contributed by atoms with Crippen molar-refractivity contribution in [2.75, 3.05) is 13.2 Å². The number of Topliss-reactive ketones (excluding diaryl/α,β-unsaturated/α-hetero) is 2. The van der Waals surface area contributed by atoms with Crippen LogP contribution in [0.4, 0.5) is 0 Å². The quantitative estimate of drug-likeness (QED) is 0.512. The molecule has 1 radical (unpaired) electrons. The number of carbonyl (C=O) groups excluding carboxylic acids is 3. The fourth-order valence-corrected chi connectivity index (χ4v) is 1.05. The van der Waals surface area contributed by atoms with Crippen molar-refractivity contribution in [3.05, 3.63) is 0 Å². The Hall–Kier alpha value is -1.03. The minimum atomic E-state index is -0.0527. The molecule has 0 fully saturated rings. The molecule has 0 aliphatic carbocycles. The van der Waals surface area contributed by atoms with Crippen LogP contribution in [0, 0.1) is 0 Å². The van der Waals surface area contributed by atoms with E-state index in [0.29, 0.717) is 19.6 Å². The van der Waals surface area contributed by atoms with Gasteiger partial charge in [0.15, 0.2) is 6.29 Å². The Kier molecular flexibility index (Phi) is 8.87. The van der Waals surface area contributed by atoms with E-state index in [9.17, 15) is 14.4 Å². The highest BCUT2D eigenvalue weighted by molar-refractivity contribution is 5.86. The highest BCUT2D eigenvalue weighted by Gasteiger charge is 2.06. The molecule has 0 aliphatic heterocycles. The van der Waals surface area contributed by atoms with E-state index >= 15 is 0 Å². The van der Waals surface area contributed by atoms with Gasteiger partial charge in [0.05, 0.1) is 6.61 Å². The summed E-state index contributed by atoms with van der Waals surface area (Å²) < 4.78 is 5.02. The molecule has 0 spiro atoms. The highest BCUT2D eigenvalue weighted by Crippen LogP contribution is 2.00. The maximum atomic E-state index is 11.2. The van der Waals surface area contributed by atoms with Crippen molar-refractivity contribution in [3.63, 3.8) is 0 Å². The third-order valence-corrected chi connectivity index (χ3v) is 1.92. The van der Waals surface area contributed by atoms with Crippen LogP contribution >= 0.6 is 0 Å². The average molecular weight is 213 g/mol. The van der Waals surface area contributed by atoms with E-state index < -0.39 is 0 Å². The lowest BCUT2D eigenvalue weighted by molar-refractivity contribution is -0.124. The molecule has 15 heavy (non-hydrogen) atoms. The third kappa shape index (κ3) is 9.28. The normalized spacial score (nSPS) is 9.93. The van der Waals surface area contributed by atoms with Crippen LogP contribution in [0.2, 0.25) is 0 Å². The van der Waals surface area contributed by atoms with Crippen LogP contribution in [0.15, 0.2) is 0 Å². The Balaban J connectivity index is 3.44. The minimum absolute atomic E-state index is 0.0342. The molecular weight excluding hydrogens is 196 g/mol. The van der Waals surface area contributed by atoms with E-state index in [1.807, 2.05) is 6.92 Å². The average Bonchev–Trinajstić information content (AvgIpc) is 2.24. The molecule has 0 aromatic rings. The molecular formula is C11H17O4. The zero-order valence-corrected chi connectivity index (χ0v) is 9.08. The van der Waals surface area contributed by atoms with Crippen LogP contribution in [0.1, 0.15) is 39.0 Å². The van der Waals surface area contributed by atoms with Crippen molar-refractivity contribution >= 4 is 17.9 Å². The lowest BCUT2D eigenvalue weighted by atomic mass is 10.1. The number of ketones is 2. The summed E-state index contributed by atoms with van der Waals surface area (Å²) >= 11 is 0. The summed E-state index contributed by atoms with van der Waals surface area (Å²) in [4.78, 5) is 32.1. The zero-order valence-electron chi connectivity index (χ0n) is 9.08. The molecule has 0 atom stereocenters. The van der Waals surface area contributed by atoms with Crippen molar-refractivity contribution in [1.82, 2.24) is 0 Å². The molecule has 0 aliphatic rings. The molecule has 0 N–H and O–H groups in total. The third-order valence-electron chi connectivity index (χ3n) is 1.92. The predicted octanol–water partition coefficient (Wildman–Crippen LogP) is 1.22. The number of ether oxygens (including phenoxy) is 1. The lowest BCUT2D eigenvalue weighted by Gasteiger charge is -2.00. The van der Waals surface area contributed by atoms with Crippen LogP contribution < -0.4 is 0 Å². The SMILES string of the molecule is CCOCCC(=O)CCC(=O)CC[C]=O. The first-order chi connectivity index (χ1) is 7.20. The Morgan fingerprint density at radius 2 is 1.67 bits per heavy atom. The Labute approximate surface area is 90.0 Å². The summed E-state index contributed by atoms with van der Waals surface area (Å²) in [7, 11) is 0. The van der Waals surface area contributed by atoms with Crippen molar-refractivity contribution in [2.24, 2.45) is 0 Å². The standard InChI is InChI=1S/C11H17O4/c1-2-15-9-7-11(14)6-5-10(13)4-3-8-12/h2-7,9H2,1H3. The maximum Gasteiger partial charge on any atom is 0.198 e. The minimum Gasteiger partial charge on any atom is -0.381 e. The number of hydrogen-bond donors (Lipinski definition) is 0. The zero-order chi connectivity index (χ0) is 11.5. The van der Waals surface area contributed by atoms with Gasteiger partial charge in [-0.2, -0.15) is 0 Å². The van der Waals surface area contributed by atoms with E-state index in [1.165, 1.54) is 0 Å². The molecule has 4 heteroatoms. The van der Waals surface area contributed by atoms with Crippen molar-refractivity contribution in [3.8, 4) is 0 Å². The van der Waals surface area contributed by atoms with Crippen LogP contribution in [0.25, 0.3) is 0 Å². The Bertz CT molecular complexity index is 211. The van der Waals surface area contributed by atoms with Gasteiger partial charge >= 0.3 is 0 Å². The smallest absolute Gasteiger partial charge is 0.198 e. The van der Waals surface area contributed by atoms with Gasteiger partial charge in [-0.15, -0.1) is 0 Å². The van der Waals surface area contributed by atoms with Gasteiger partial charge in [0.25, 0.3) is 0 Å². The van der Waals surface area contributed by atoms with Crippen LogP contribution in [0.3, 0.4) is 0 Å². The monoisotopic (exact) mass is 213 g/mol. The van der Waals surface area contributed by atoms with Crippen LogP contribution in [0.5, 0.6) is 0 Å². The topological polar surface area (TPSA) is 60.4 Å². The van der Waals surface area contributed by atoms with Crippen LogP contribution in [-0.2, 0) is 19.1 Å². The van der Waals surface area contributed by atoms with E-state index in [4.69, 9.17) is 4.74 Å². The molecule has 0 aromatic heterocycles. The number of carbonyl (C=O) groups is 2. The molecule has 0 heterocycles. The summed E-state index contributed by atoms with van der Waals surface area (Å²) in [5, 5.41) is 0. The molecule has 0 rings (SSSR count). The van der Waals surface area contributed by atoms with Gasteiger partial charge in [-0.1, -0.05) is 0 Å². The fraction of sp³-hybridized carbons (Fsp3) is 0.727. The molecule has 0 bridgehead atoms. The van der Waals surface area contributed by atoms with Gasteiger partial charge in [-0.3, -0.25) is 14.4 Å². The van der Waals surface area contributed by atoms with Gasteiger partial charge < -0.3 is 4.74 Å². The largest absolute Gasteiger partial charge is 0.381 e. The second-order valence-electron chi connectivity index (χ2n) is 3.17. The van der Waals surface area contributed by atoms with Gasteiger partial charge in [-0.05, 0) is 6.92 Å². The van der Waals surface area contributed by atoms with Gasteiger partial charge in [0, 0.05) is 38.7 Å². The van der Waals surface area contributed by atoms with Gasteiger partial charge in [0.1, 0.15) is 11.6 Å². The van der Waals surface area contributed by atoms with Crippen molar-refractivity contribution in [1.29, 1.82) is 0 Å². The lowest BCUT2D eigenvalue weighted by Crippen LogP contribution is -2.07. The van der Waals surface area contributed by atoms with Crippen molar-refractivity contribution < 1.29 is 19.1 Å². The van der Waals surface area contributed by atoms with E-state index in [2.05, 4.69) is 0 Å². The van der Waals surface area contributed by atoms with E-state index in [0.717, 1.165) is 0 Å². The van der Waals surface area contributed by atoms with Gasteiger partial charge in [0.2, 0.25) is 0 Å². The Morgan fingerprint density at radius 1 is 1.07 bits per heavy atom. The molecule has 0 saturated carbocycles. The first-order valence-electron chi connectivity index (χ1n) is 5.16. The number of rotatable bonds is 10. The first kappa shape index (κ1) is 14.0. The Morgan fingerprint density at radius 3 is 2.20 bits per heavy atom. The van der Waals surface area contributed by atoms with Crippen molar-refractivity contribution in [2.45, 2.75) is 39.0 Å². The molecule has 0 aromatic carbocycles. The molecule has 4 nitrogen and oxygen atoms in total. The second kappa shape index (κ2) is 9.52. The second-order valence-corrected chi connectivity index (χ2v) is 3.17. The molecule has 0 unspecified atom stereocenters. The van der Waals surface area contributed by atoms with Crippen LogP contribution in [-0.4, -0.2) is 31.1 Å². The molecule has 85 valence electrons. The summed E-state index contributed by atoms with van der Waals surface area (Å²) in [5.74, 6) is -0.0185. The highest BCUT2D eigenvalue weighted by atomic mass is 16.5. The van der Waals surface area contributed by atoms with Gasteiger partial charge in [-0.25, -0.2) is 0 Å². The summed E-state index contributed by atoms with van der Waals surface area (Å²) in [6.45, 7) is 2.89. The van der Waals surface area contributed by atoms with E-state index in [1.54, 1.807) is 6.29 Å². The first-order valence-corrected chi connectivity index (χ1v) is 5.16. The summed E-state index contributed by atoms with van der Waals surface area (Å²) in [5.41, 5.74) is 0. The summed E-state index contributed by atoms with van der Waals surface area (Å²) in [6.07, 6.45) is 2.83. The summed E-state index contributed by atoms with van der Waals surface area (Å²) in [6, 6.07) is 0.